The molecule has 0 amide bonds. The highest BCUT2D eigenvalue weighted by molar-refractivity contribution is 7.87. The van der Waals surface area contributed by atoms with Gasteiger partial charge in [-0.15, -0.1) is 0 Å². The average Bonchev–Trinajstić information content (AvgIpc) is 2.58. The van der Waals surface area contributed by atoms with E-state index in [4.69, 9.17) is 5.73 Å². The molecule has 2 N–H and O–H groups in total. The molecule has 2 fully saturated rings. The zero-order valence-electron chi connectivity index (χ0n) is 7.52. The number of hydrogen-bond acceptors (Lipinski definition) is 3. The molecule has 0 unspecified atom stereocenters. The zero-order valence-corrected chi connectivity index (χ0v) is 8.33. The second-order valence-electron chi connectivity index (χ2n) is 3.56. The van der Waals surface area contributed by atoms with E-state index >= 15 is 0 Å². The Bertz CT molecular complexity index is 290. The van der Waals surface area contributed by atoms with Crippen molar-refractivity contribution in [3.63, 3.8) is 0 Å². The first-order valence-corrected chi connectivity index (χ1v) is 6.03. The van der Waals surface area contributed by atoms with Crippen molar-refractivity contribution < 1.29 is 8.42 Å². The van der Waals surface area contributed by atoms with Crippen molar-refractivity contribution >= 4 is 10.2 Å². The number of hydrogen-bond donors (Lipinski definition) is 1. The van der Waals surface area contributed by atoms with E-state index in [0.29, 0.717) is 26.2 Å². The minimum absolute atomic E-state index is 0.219. The molecule has 2 saturated heterocycles. The number of nitrogens with two attached hydrogens (primary N) is 1. The lowest BCUT2D eigenvalue weighted by atomic mass is 10.2. The van der Waals surface area contributed by atoms with E-state index in [2.05, 4.69) is 0 Å². The molecule has 0 bridgehead atoms. The lowest BCUT2D eigenvalue weighted by Crippen LogP contribution is -2.35. The van der Waals surface area contributed by atoms with Crippen molar-refractivity contribution in [1.82, 2.24) is 8.61 Å². The summed E-state index contributed by atoms with van der Waals surface area (Å²) in [6.45, 7) is 2.18. The lowest BCUT2D eigenvalue weighted by molar-refractivity contribution is 0.412. The van der Waals surface area contributed by atoms with E-state index in [1.165, 1.54) is 4.31 Å². The number of fused-ring (bicyclic) bond motifs is 1. The summed E-state index contributed by atoms with van der Waals surface area (Å²) in [6.07, 6.45) is 2.00. The topological polar surface area (TPSA) is 66.6 Å². The summed E-state index contributed by atoms with van der Waals surface area (Å²) in [5.74, 6) is 0. The Hall–Kier alpha value is -0.170. The average molecular weight is 205 g/mol. The third kappa shape index (κ3) is 1.38. The van der Waals surface area contributed by atoms with Crippen LogP contribution in [0.5, 0.6) is 0 Å². The highest BCUT2D eigenvalue weighted by atomic mass is 32.2. The summed E-state index contributed by atoms with van der Waals surface area (Å²) < 4.78 is 26.6. The first kappa shape index (κ1) is 9.39. The Labute approximate surface area is 78.7 Å². The molecule has 0 aromatic carbocycles. The first-order valence-electron chi connectivity index (χ1n) is 4.63. The Morgan fingerprint density at radius 3 is 2.85 bits per heavy atom. The van der Waals surface area contributed by atoms with E-state index in [-0.39, 0.29) is 6.04 Å². The van der Waals surface area contributed by atoms with Crippen molar-refractivity contribution in [3.05, 3.63) is 0 Å². The van der Waals surface area contributed by atoms with E-state index < -0.39 is 10.2 Å². The van der Waals surface area contributed by atoms with Gasteiger partial charge in [-0.05, 0) is 12.8 Å². The van der Waals surface area contributed by atoms with E-state index in [1.807, 2.05) is 0 Å². The van der Waals surface area contributed by atoms with Gasteiger partial charge in [0.2, 0.25) is 0 Å². The molecule has 0 saturated carbocycles. The van der Waals surface area contributed by atoms with Crippen LogP contribution in [-0.4, -0.2) is 49.2 Å². The molecule has 2 heterocycles. The molecular formula is C7H15N3O2S. The Balaban J connectivity index is 2.19. The van der Waals surface area contributed by atoms with E-state index in [9.17, 15) is 8.42 Å². The molecule has 2 aliphatic rings. The molecule has 0 spiro atoms. The molecule has 1 atom stereocenters. The fraction of sp³-hybridized carbons (Fsp3) is 1.00. The van der Waals surface area contributed by atoms with E-state index in [0.717, 1.165) is 12.8 Å². The largest absolute Gasteiger partial charge is 0.329 e. The maximum atomic E-state index is 11.8. The summed E-state index contributed by atoms with van der Waals surface area (Å²) in [6, 6.07) is 0.219. The second kappa shape index (κ2) is 3.20. The van der Waals surface area contributed by atoms with Gasteiger partial charge < -0.3 is 5.73 Å². The van der Waals surface area contributed by atoms with Crippen molar-refractivity contribution in [2.45, 2.75) is 18.9 Å². The van der Waals surface area contributed by atoms with Gasteiger partial charge in [-0.3, -0.25) is 0 Å². The quantitative estimate of drug-likeness (QED) is 0.627. The third-order valence-corrected chi connectivity index (χ3v) is 4.80. The Kier molecular flexibility index (Phi) is 2.31. The van der Waals surface area contributed by atoms with Gasteiger partial charge in [0.25, 0.3) is 10.2 Å². The van der Waals surface area contributed by atoms with Crippen LogP contribution >= 0.6 is 0 Å². The maximum Gasteiger partial charge on any atom is 0.282 e. The summed E-state index contributed by atoms with van der Waals surface area (Å²) in [4.78, 5) is 0. The van der Waals surface area contributed by atoms with Crippen LogP contribution in [0, 0.1) is 0 Å². The molecule has 0 aromatic rings. The molecule has 76 valence electrons. The normalized spacial score (nSPS) is 33.8. The highest BCUT2D eigenvalue weighted by Gasteiger charge is 2.45. The standard InChI is InChI=1S/C7H15N3O2S/c8-3-5-9-6-7-2-1-4-10(7)13(9,11)12/h7H,1-6,8H2/t7-/m1/s1. The van der Waals surface area contributed by atoms with Gasteiger partial charge in [0, 0.05) is 32.2 Å². The van der Waals surface area contributed by atoms with Crippen LogP contribution < -0.4 is 5.73 Å². The van der Waals surface area contributed by atoms with Crippen molar-refractivity contribution in [2.75, 3.05) is 26.2 Å². The molecule has 2 rings (SSSR count). The number of rotatable bonds is 2. The second-order valence-corrected chi connectivity index (χ2v) is 5.44. The van der Waals surface area contributed by atoms with Crippen LogP contribution in [-0.2, 0) is 10.2 Å². The summed E-state index contributed by atoms with van der Waals surface area (Å²) in [5, 5.41) is 0. The predicted molar refractivity (Wildman–Crippen MR) is 49.3 cm³/mol. The fourth-order valence-electron chi connectivity index (χ4n) is 2.12. The molecule has 0 radical (unpaired) electrons. The molecule has 0 aliphatic carbocycles. The predicted octanol–water partition coefficient (Wildman–Crippen LogP) is -1.03. The first-order chi connectivity index (χ1) is 6.16. The van der Waals surface area contributed by atoms with Crippen LogP contribution in [0.15, 0.2) is 0 Å². The van der Waals surface area contributed by atoms with Gasteiger partial charge in [0.05, 0.1) is 0 Å². The van der Waals surface area contributed by atoms with Gasteiger partial charge in [0.1, 0.15) is 0 Å². The number of nitrogens with zero attached hydrogens (tertiary/aromatic N) is 2. The van der Waals surface area contributed by atoms with Gasteiger partial charge in [0.15, 0.2) is 0 Å². The van der Waals surface area contributed by atoms with Gasteiger partial charge in [-0.1, -0.05) is 0 Å². The summed E-state index contributed by atoms with van der Waals surface area (Å²) in [7, 11) is -3.14. The maximum absolute atomic E-state index is 11.8. The molecule has 0 aromatic heterocycles. The molecule has 5 nitrogen and oxygen atoms in total. The van der Waals surface area contributed by atoms with Crippen LogP contribution in [0.3, 0.4) is 0 Å². The molecular weight excluding hydrogens is 190 g/mol. The molecule has 13 heavy (non-hydrogen) atoms. The van der Waals surface area contributed by atoms with Crippen LogP contribution in [0.2, 0.25) is 0 Å². The van der Waals surface area contributed by atoms with Crippen molar-refractivity contribution in [2.24, 2.45) is 5.73 Å². The smallest absolute Gasteiger partial charge is 0.282 e. The zero-order chi connectivity index (χ0) is 9.47. The minimum atomic E-state index is -3.14. The summed E-state index contributed by atoms with van der Waals surface area (Å²) in [5.41, 5.74) is 5.36. The highest BCUT2D eigenvalue weighted by Crippen LogP contribution is 2.30. The van der Waals surface area contributed by atoms with Gasteiger partial charge >= 0.3 is 0 Å². The summed E-state index contributed by atoms with van der Waals surface area (Å²) >= 11 is 0. The third-order valence-electron chi connectivity index (χ3n) is 2.74. The Morgan fingerprint density at radius 2 is 2.23 bits per heavy atom. The monoisotopic (exact) mass is 205 g/mol. The minimum Gasteiger partial charge on any atom is -0.329 e. The Morgan fingerprint density at radius 1 is 1.46 bits per heavy atom. The van der Waals surface area contributed by atoms with Crippen LogP contribution in [0.4, 0.5) is 0 Å². The van der Waals surface area contributed by atoms with Crippen LogP contribution in [0.25, 0.3) is 0 Å². The molecule has 2 aliphatic heterocycles. The van der Waals surface area contributed by atoms with E-state index in [1.54, 1.807) is 4.31 Å². The molecule has 6 heteroatoms. The fourth-order valence-corrected chi connectivity index (χ4v) is 4.03. The van der Waals surface area contributed by atoms with Crippen LogP contribution in [0.1, 0.15) is 12.8 Å². The van der Waals surface area contributed by atoms with Gasteiger partial charge in [-0.25, -0.2) is 0 Å². The van der Waals surface area contributed by atoms with Gasteiger partial charge in [-0.2, -0.15) is 17.0 Å². The van der Waals surface area contributed by atoms with Crippen molar-refractivity contribution in [3.8, 4) is 0 Å². The lowest BCUT2D eigenvalue weighted by Gasteiger charge is -2.15. The van der Waals surface area contributed by atoms with Crippen molar-refractivity contribution in [1.29, 1.82) is 0 Å². The SMILES string of the molecule is NCCN1C[C@H]2CCCN2S1(=O)=O.